The zero-order chi connectivity index (χ0) is 14.5. The minimum atomic E-state index is 0.425. The summed E-state index contributed by atoms with van der Waals surface area (Å²) in [7, 11) is 1.66. The third kappa shape index (κ3) is 3.47. The summed E-state index contributed by atoms with van der Waals surface area (Å²) < 4.78 is 11.3. The summed E-state index contributed by atoms with van der Waals surface area (Å²) >= 11 is 9.65. The molecule has 106 valence electrons. The van der Waals surface area contributed by atoms with E-state index in [0.29, 0.717) is 17.0 Å². The molecule has 0 aliphatic carbocycles. The molecular weight excluding hydrogens is 340 g/mol. The van der Waals surface area contributed by atoms with Crippen molar-refractivity contribution >= 4 is 27.5 Å². The van der Waals surface area contributed by atoms with E-state index in [1.54, 1.807) is 7.11 Å². The number of aryl methyl sites for hydroxylation is 1. The van der Waals surface area contributed by atoms with Crippen molar-refractivity contribution in [3.8, 4) is 11.5 Å². The number of halogens is 2. The summed E-state index contributed by atoms with van der Waals surface area (Å²) in [4.78, 5) is 0. The first-order chi connectivity index (χ1) is 9.65. The van der Waals surface area contributed by atoms with Crippen LogP contribution in [0, 0.1) is 6.92 Å². The first-order valence-electron chi connectivity index (χ1n) is 6.25. The molecule has 0 bridgehead atoms. The van der Waals surface area contributed by atoms with Crippen LogP contribution in [-0.2, 0) is 11.9 Å². The predicted octanol–water partition coefficient (Wildman–Crippen LogP) is 5.13. The van der Waals surface area contributed by atoms with Gasteiger partial charge in [-0.1, -0.05) is 51.3 Å². The maximum atomic E-state index is 6.20. The number of ether oxygens (including phenoxy) is 2. The Hall–Kier alpha value is -1.19. The number of hydrogen-bond acceptors (Lipinski definition) is 2. The van der Waals surface area contributed by atoms with Gasteiger partial charge in [0.2, 0.25) is 0 Å². The average Bonchev–Trinajstić information content (AvgIpc) is 2.46. The van der Waals surface area contributed by atoms with Gasteiger partial charge in [0.25, 0.3) is 0 Å². The maximum Gasteiger partial charge on any atom is 0.142 e. The highest BCUT2D eigenvalue weighted by atomic mass is 79.9. The molecule has 2 rings (SSSR count). The van der Waals surface area contributed by atoms with E-state index in [0.717, 1.165) is 22.6 Å². The zero-order valence-electron chi connectivity index (χ0n) is 11.5. The van der Waals surface area contributed by atoms with Gasteiger partial charge in [-0.25, -0.2) is 0 Å². The second-order valence-electron chi connectivity index (χ2n) is 4.47. The first kappa shape index (κ1) is 15.2. The molecule has 0 amide bonds. The smallest absolute Gasteiger partial charge is 0.142 e. The molecular formula is C16H16BrClO2. The van der Waals surface area contributed by atoms with E-state index in [1.807, 2.05) is 37.3 Å². The first-order valence-corrected chi connectivity index (χ1v) is 7.75. The van der Waals surface area contributed by atoms with Crippen molar-refractivity contribution < 1.29 is 9.47 Å². The fraction of sp³-hybridized carbons (Fsp3) is 0.250. The van der Waals surface area contributed by atoms with Gasteiger partial charge in [-0.05, 0) is 25.1 Å². The molecule has 0 aromatic heterocycles. The lowest BCUT2D eigenvalue weighted by Crippen LogP contribution is -2.01. The molecule has 0 N–H and O–H groups in total. The van der Waals surface area contributed by atoms with Gasteiger partial charge >= 0.3 is 0 Å². The molecule has 20 heavy (non-hydrogen) atoms. The molecule has 0 aliphatic rings. The number of para-hydroxylation sites is 1. The highest BCUT2D eigenvalue weighted by Crippen LogP contribution is 2.31. The summed E-state index contributed by atoms with van der Waals surface area (Å²) in [6, 6.07) is 11.8. The number of hydrogen-bond donors (Lipinski definition) is 0. The van der Waals surface area contributed by atoms with Gasteiger partial charge in [-0.3, -0.25) is 0 Å². The van der Waals surface area contributed by atoms with Gasteiger partial charge in [0.1, 0.15) is 18.1 Å². The van der Waals surface area contributed by atoms with E-state index in [9.17, 15) is 0 Å². The summed E-state index contributed by atoms with van der Waals surface area (Å²) in [6.07, 6.45) is 0. The monoisotopic (exact) mass is 354 g/mol. The standard InChI is InChI=1S/C16H16BrClO2/c1-11-6-7-15(19-2)13(8-11)10-20-16-12(9-17)4-3-5-14(16)18/h3-8H,9-10H2,1-2H3. The molecule has 0 saturated heterocycles. The predicted molar refractivity (Wildman–Crippen MR) is 86.1 cm³/mol. The molecule has 0 spiro atoms. The van der Waals surface area contributed by atoms with Gasteiger partial charge < -0.3 is 9.47 Å². The Balaban J connectivity index is 2.23. The summed E-state index contributed by atoms with van der Waals surface area (Å²) in [5.41, 5.74) is 3.21. The number of alkyl halides is 1. The molecule has 0 fully saturated rings. The van der Waals surface area contributed by atoms with E-state index in [1.165, 1.54) is 5.56 Å². The third-order valence-corrected chi connectivity index (χ3v) is 3.90. The van der Waals surface area contributed by atoms with E-state index in [4.69, 9.17) is 21.1 Å². The minimum Gasteiger partial charge on any atom is -0.496 e. The zero-order valence-corrected chi connectivity index (χ0v) is 13.8. The number of benzene rings is 2. The summed E-state index contributed by atoms with van der Waals surface area (Å²) in [5.74, 6) is 1.54. The van der Waals surface area contributed by atoms with E-state index < -0.39 is 0 Å². The van der Waals surface area contributed by atoms with Crippen LogP contribution in [0.15, 0.2) is 36.4 Å². The Bertz CT molecular complexity index is 599. The van der Waals surface area contributed by atoms with Crippen LogP contribution in [0.3, 0.4) is 0 Å². The Labute approximate surface area is 132 Å². The SMILES string of the molecule is COc1ccc(C)cc1COc1c(Cl)cccc1CBr. The summed E-state index contributed by atoms with van der Waals surface area (Å²) in [6.45, 7) is 2.47. The van der Waals surface area contributed by atoms with Crippen LogP contribution in [0.1, 0.15) is 16.7 Å². The van der Waals surface area contributed by atoms with E-state index in [-0.39, 0.29) is 0 Å². The van der Waals surface area contributed by atoms with Gasteiger partial charge in [0.05, 0.1) is 12.1 Å². The molecule has 2 nitrogen and oxygen atoms in total. The lowest BCUT2D eigenvalue weighted by atomic mass is 10.1. The fourth-order valence-electron chi connectivity index (χ4n) is 1.99. The molecule has 2 aromatic rings. The van der Waals surface area contributed by atoms with Crippen molar-refractivity contribution in [2.24, 2.45) is 0 Å². The van der Waals surface area contributed by atoms with Crippen molar-refractivity contribution in [1.82, 2.24) is 0 Å². The quantitative estimate of drug-likeness (QED) is 0.692. The second-order valence-corrected chi connectivity index (χ2v) is 5.43. The van der Waals surface area contributed by atoms with E-state index >= 15 is 0 Å². The molecule has 0 radical (unpaired) electrons. The highest BCUT2D eigenvalue weighted by Gasteiger charge is 2.10. The van der Waals surface area contributed by atoms with Crippen molar-refractivity contribution in [3.63, 3.8) is 0 Å². The van der Waals surface area contributed by atoms with Crippen molar-refractivity contribution in [2.45, 2.75) is 18.9 Å². The van der Waals surface area contributed by atoms with Gasteiger partial charge in [-0.15, -0.1) is 0 Å². The largest absolute Gasteiger partial charge is 0.496 e. The van der Waals surface area contributed by atoms with Crippen molar-refractivity contribution in [3.05, 3.63) is 58.1 Å². The van der Waals surface area contributed by atoms with Gasteiger partial charge in [-0.2, -0.15) is 0 Å². The Morgan fingerprint density at radius 3 is 2.65 bits per heavy atom. The van der Waals surface area contributed by atoms with Gasteiger partial charge in [0.15, 0.2) is 0 Å². The minimum absolute atomic E-state index is 0.425. The van der Waals surface area contributed by atoms with Crippen LogP contribution in [0.4, 0.5) is 0 Å². The number of rotatable bonds is 5. The maximum absolute atomic E-state index is 6.20. The summed E-state index contributed by atoms with van der Waals surface area (Å²) in [5, 5.41) is 1.32. The van der Waals surface area contributed by atoms with Crippen molar-refractivity contribution in [1.29, 1.82) is 0 Å². The third-order valence-electron chi connectivity index (χ3n) is 3.00. The molecule has 0 atom stereocenters. The second kappa shape index (κ2) is 7.00. The topological polar surface area (TPSA) is 18.5 Å². The lowest BCUT2D eigenvalue weighted by Gasteiger charge is -2.14. The normalized spacial score (nSPS) is 10.4. The molecule has 0 aliphatic heterocycles. The molecule has 2 aromatic carbocycles. The average molecular weight is 356 g/mol. The van der Waals surface area contributed by atoms with Crippen LogP contribution in [0.25, 0.3) is 0 Å². The van der Waals surface area contributed by atoms with Gasteiger partial charge in [0, 0.05) is 16.5 Å². The van der Waals surface area contributed by atoms with Crippen LogP contribution >= 0.6 is 27.5 Å². The molecule has 0 unspecified atom stereocenters. The Kier molecular flexibility index (Phi) is 5.32. The van der Waals surface area contributed by atoms with Crippen LogP contribution in [-0.4, -0.2) is 7.11 Å². The molecule has 4 heteroatoms. The lowest BCUT2D eigenvalue weighted by molar-refractivity contribution is 0.295. The highest BCUT2D eigenvalue weighted by molar-refractivity contribution is 9.08. The molecule has 0 heterocycles. The van der Waals surface area contributed by atoms with Crippen LogP contribution in [0.5, 0.6) is 11.5 Å². The van der Waals surface area contributed by atoms with Crippen molar-refractivity contribution in [2.75, 3.05) is 7.11 Å². The Morgan fingerprint density at radius 2 is 1.95 bits per heavy atom. The van der Waals surface area contributed by atoms with Crippen LogP contribution in [0.2, 0.25) is 5.02 Å². The van der Waals surface area contributed by atoms with E-state index in [2.05, 4.69) is 22.0 Å². The fourth-order valence-corrected chi connectivity index (χ4v) is 2.68. The van der Waals surface area contributed by atoms with Crippen LogP contribution < -0.4 is 9.47 Å². The number of methoxy groups -OCH3 is 1. The molecule has 0 saturated carbocycles. The Morgan fingerprint density at radius 1 is 1.15 bits per heavy atom.